The Hall–Kier alpha value is 0.0700. The lowest BCUT2D eigenvalue weighted by Crippen LogP contribution is -2.19. The van der Waals surface area contributed by atoms with Gasteiger partial charge in [0.25, 0.3) is 0 Å². The van der Waals surface area contributed by atoms with Gasteiger partial charge in [-0.3, -0.25) is 4.21 Å². The van der Waals surface area contributed by atoms with Gasteiger partial charge < -0.3 is 10.5 Å². The molecule has 0 aliphatic heterocycles. The zero-order chi connectivity index (χ0) is 10.1. The maximum absolute atomic E-state index is 11.4. The van der Waals surface area contributed by atoms with Gasteiger partial charge in [-0.1, -0.05) is 6.92 Å². The second-order valence-corrected chi connectivity index (χ2v) is 4.97. The fourth-order valence-corrected chi connectivity index (χ4v) is 2.44. The van der Waals surface area contributed by atoms with Gasteiger partial charge in [0.05, 0.1) is 0 Å². The van der Waals surface area contributed by atoms with Crippen molar-refractivity contribution in [1.82, 2.24) is 0 Å². The Morgan fingerprint density at radius 2 is 2.15 bits per heavy atom. The van der Waals surface area contributed by atoms with Gasteiger partial charge in [0, 0.05) is 36.0 Å². The molecular weight excluding hydrogens is 186 g/mol. The van der Waals surface area contributed by atoms with Crippen molar-refractivity contribution >= 4 is 10.8 Å². The maximum Gasteiger partial charge on any atom is 0.0462 e. The molecule has 0 saturated carbocycles. The van der Waals surface area contributed by atoms with Crippen LogP contribution in [0, 0.1) is 5.92 Å². The Labute approximate surface area is 83.5 Å². The molecule has 0 bridgehead atoms. The first kappa shape index (κ1) is 13.1. The molecule has 0 aromatic heterocycles. The summed E-state index contributed by atoms with van der Waals surface area (Å²) < 4.78 is 16.3. The lowest BCUT2D eigenvalue weighted by Gasteiger charge is -2.07. The van der Waals surface area contributed by atoms with Crippen molar-refractivity contribution in [3.8, 4) is 0 Å². The molecule has 0 aromatic carbocycles. The normalized spacial score (nSPS) is 15.6. The average Bonchev–Trinajstić information content (AvgIpc) is 2.12. The number of nitrogens with two attached hydrogens (primary N) is 1. The number of hydrogen-bond acceptors (Lipinski definition) is 3. The summed E-state index contributed by atoms with van der Waals surface area (Å²) in [5.41, 5.74) is 5.44. The summed E-state index contributed by atoms with van der Waals surface area (Å²) >= 11 is 0. The summed E-state index contributed by atoms with van der Waals surface area (Å²) in [6.07, 6.45) is 1.98. The molecule has 0 heterocycles. The molecule has 0 aromatic rings. The minimum Gasteiger partial charge on any atom is -0.385 e. The quantitative estimate of drug-likeness (QED) is 0.598. The summed E-state index contributed by atoms with van der Waals surface area (Å²) in [4.78, 5) is 0. The third-order valence-electron chi connectivity index (χ3n) is 1.84. The Morgan fingerprint density at radius 3 is 2.69 bits per heavy atom. The zero-order valence-corrected chi connectivity index (χ0v) is 9.44. The maximum atomic E-state index is 11.4. The van der Waals surface area contributed by atoms with E-state index in [9.17, 15) is 4.21 Å². The molecule has 2 atom stereocenters. The first-order chi connectivity index (χ1) is 6.20. The van der Waals surface area contributed by atoms with Gasteiger partial charge in [0.2, 0.25) is 0 Å². The Kier molecular flexibility index (Phi) is 8.71. The van der Waals surface area contributed by atoms with Crippen LogP contribution in [0.5, 0.6) is 0 Å². The Morgan fingerprint density at radius 1 is 1.46 bits per heavy atom. The smallest absolute Gasteiger partial charge is 0.0462 e. The van der Waals surface area contributed by atoms with E-state index in [0.29, 0.717) is 12.5 Å². The molecule has 0 spiro atoms. The van der Waals surface area contributed by atoms with Crippen molar-refractivity contribution in [1.29, 1.82) is 0 Å². The molecule has 13 heavy (non-hydrogen) atoms. The Bertz CT molecular complexity index is 142. The molecule has 0 radical (unpaired) electrons. The molecule has 0 aliphatic rings. The molecule has 3 nitrogen and oxygen atoms in total. The predicted octanol–water partition coefficient (Wildman–Crippen LogP) is 0.757. The minimum absolute atomic E-state index is 0.378. The first-order valence-electron chi connectivity index (χ1n) is 4.74. The number of methoxy groups -OCH3 is 1. The monoisotopic (exact) mass is 207 g/mol. The van der Waals surface area contributed by atoms with Gasteiger partial charge in [-0.15, -0.1) is 0 Å². The third kappa shape index (κ3) is 8.40. The van der Waals surface area contributed by atoms with Crippen LogP contribution in [-0.2, 0) is 15.5 Å². The van der Waals surface area contributed by atoms with E-state index in [1.165, 1.54) is 0 Å². The largest absolute Gasteiger partial charge is 0.385 e. The fourth-order valence-electron chi connectivity index (χ4n) is 0.978. The van der Waals surface area contributed by atoms with Crippen LogP contribution in [0.3, 0.4) is 0 Å². The van der Waals surface area contributed by atoms with Gasteiger partial charge >= 0.3 is 0 Å². The highest BCUT2D eigenvalue weighted by atomic mass is 32.2. The zero-order valence-electron chi connectivity index (χ0n) is 8.62. The molecule has 2 N–H and O–H groups in total. The van der Waals surface area contributed by atoms with Crippen molar-refractivity contribution in [3.63, 3.8) is 0 Å². The predicted molar refractivity (Wildman–Crippen MR) is 57.2 cm³/mol. The van der Waals surface area contributed by atoms with Crippen LogP contribution in [-0.4, -0.2) is 36.0 Å². The number of rotatable bonds is 8. The molecule has 80 valence electrons. The fraction of sp³-hybridized carbons (Fsp3) is 1.00. The molecule has 0 rings (SSSR count). The van der Waals surface area contributed by atoms with Crippen LogP contribution in [0.1, 0.15) is 19.8 Å². The van der Waals surface area contributed by atoms with Gasteiger partial charge in [0.15, 0.2) is 0 Å². The van der Waals surface area contributed by atoms with E-state index < -0.39 is 10.8 Å². The van der Waals surface area contributed by atoms with Gasteiger partial charge in [-0.2, -0.15) is 0 Å². The van der Waals surface area contributed by atoms with Crippen LogP contribution in [0.4, 0.5) is 0 Å². The topological polar surface area (TPSA) is 52.3 Å². The summed E-state index contributed by atoms with van der Waals surface area (Å²) in [5.74, 6) is 1.90. The molecule has 4 heteroatoms. The second-order valence-electron chi connectivity index (χ2n) is 3.35. The van der Waals surface area contributed by atoms with E-state index in [1.807, 2.05) is 6.92 Å². The average molecular weight is 207 g/mol. The van der Waals surface area contributed by atoms with Crippen molar-refractivity contribution < 1.29 is 8.95 Å². The van der Waals surface area contributed by atoms with Crippen molar-refractivity contribution in [3.05, 3.63) is 0 Å². The second kappa shape index (κ2) is 8.66. The van der Waals surface area contributed by atoms with E-state index in [4.69, 9.17) is 10.5 Å². The van der Waals surface area contributed by atoms with E-state index >= 15 is 0 Å². The number of hydrogen-bond donors (Lipinski definition) is 1. The number of unbranched alkanes of at least 4 members (excludes halogenated alkanes) is 1. The van der Waals surface area contributed by atoms with E-state index in [2.05, 4.69) is 0 Å². The van der Waals surface area contributed by atoms with Crippen LogP contribution >= 0.6 is 0 Å². The first-order valence-corrected chi connectivity index (χ1v) is 6.23. The molecule has 0 fully saturated rings. The van der Waals surface area contributed by atoms with Gasteiger partial charge in [-0.25, -0.2) is 0 Å². The molecule has 0 amide bonds. The molecule has 2 unspecified atom stereocenters. The van der Waals surface area contributed by atoms with E-state index in [-0.39, 0.29) is 0 Å². The summed E-state index contributed by atoms with van der Waals surface area (Å²) in [5, 5.41) is 0. The Balaban J connectivity index is 3.30. The van der Waals surface area contributed by atoms with Crippen LogP contribution < -0.4 is 5.73 Å². The van der Waals surface area contributed by atoms with Crippen LogP contribution in [0.25, 0.3) is 0 Å². The molecular formula is C9H21NO2S. The lowest BCUT2D eigenvalue weighted by molar-refractivity contribution is 0.194. The van der Waals surface area contributed by atoms with Gasteiger partial charge in [0.1, 0.15) is 0 Å². The minimum atomic E-state index is -0.689. The molecule has 0 aliphatic carbocycles. The summed E-state index contributed by atoms with van der Waals surface area (Å²) in [7, 11) is 0.999. The van der Waals surface area contributed by atoms with Gasteiger partial charge in [-0.05, 0) is 25.3 Å². The summed E-state index contributed by atoms with van der Waals surface area (Å²) in [6, 6.07) is 0. The SMILES string of the molecule is COCCCCS(=O)CC(C)CN. The highest BCUT2D eigenvalue weighted by Gasteiger charge is 2.05. The van der Waals surface area contributed by atoms with E-state index in [1.54, 1.807) is 7.11 Å². The highest BCUT2D eigenvalue weighted by molar-refractivity contribution is 7.84. The van der Waals surface area contributed by atoms with Crippen molar-refractivity contribution in [2.45, 2.75) is 19.8 Å². The third-order valence-corrected chi connectivity index (χ3v) is 3.53. The lowest BCUT2D eigenvalue weighted by atomic mass is 10.2. The standard InChI is InChI=1S/C9H21NO2S/c1-9(7-10)8-13(11)6-4-3-5-12-2/h9H,3-8,10H2,1-2H3. The molecule has 0 saturated heterocycles. The van der Waals surface area contributed by atoms with Crippen molar-refractivity contribution in [2.24, 2.45) is 11.7 Å². The van der Waals surface area contributed by atoms with Crippen molar-refractivity contribution in [2.75, 3.05) is 31.8 Å². The van der Waals surface area contributed by atoms with E-state index in [0.717, 1.165) is 31.0 Å². The van der Waals surface area contributed by atoms with Crippen LogP contribution in [0.15, 0.2) is 0 Å². The summed E-state index contributed by atoms with van der Waals surface area (Å²) in [6.45, 7) is 3.43. The number of ether oxygens (including phenoxy) is 1. The highest BCUT2D eigenvalue weighted by Crippen LogP contribution is 1.99. The van der Waals surface area contributed by atoms with Crippen LogP contribution in [0.2, 0.25) is 0 Å².